The lowest BCUT2D eigenvalue weighted by molar-refractivity contribution is -0.383. The SMILES string of the molecule is COc1ccccc1OCCNC(=O)c1ccc(N)c([N+](=O)[O-])c1. The van der Waals surface area contributed by atoms with Crippen molar-refractivity contribution >= 4 is 17.3 Å². The number of benzene rings is 2. The van der Waals surface area contributed by atoms with E-state index >= 15 is 0 Å². The maximum Gasteiger partial charge on any atom is 0.292 e. The number of nitrogen functional groups attached to an aromatic ring is 1. The molecular weight excluding hydrogens is 314 g/mol. The minimum atomic E-state index is -0.628. The quantitative estimate of drug-likeness (QED) is 0.347. The number of hydrogen-bond acceptors (Lipinski definition) is 6. The van der Waals surface area contributed by atoms with E-state index in [2.05, 4.69) is 5.32 Å². The van der Waals surface area contributed by atoms with E-state index in [1.54, 1.807) is 12.1 Å². The van der Waals surface area contributed by atoms with Crippen LogP contribution in [0.2, 0.25) is 0 Å². The number of nitrogens with two attached hydrogens (primary N) is 1. The van der Waals surface area contributed by atoms with Gasteiger partial charge >= 0.3 is 0 Å². The van der Waals surface area contributed by atoms with Crippen LogP contribution in [0.3, 0.4) is 0 Å². The van der Waals surface area contributed by atoms with E-state index in [4.69, 9.17) is 15.2 Å². The first-order chi connectivity index (χ1) is 11.5. The molecule has 126 valence electrons. The molecule has 0 aromatic heterocycles. The Morgan fingerprint density at radius 1 is 1.25 bits per heavy atom. The Morgan fingerprint density at radius 2 is 1.96 bits per heavy atom. The standard InChI is InChI=1S/C16H17N3O5/c1-23-14-4-2-3-5-15(14)24-9-8-18-16(20)11-6-7-12(17)13(10-11)19(21)22/h2-7,10H,8-9,17H2,1H3,(H,18,20). The number of amides is 1. The van der Waals surface area contributed by atoms with Gasteiger partial charge in [0.2, 0.25) is 0 Å². The lowest BCUT2D eigenvalue weighted by Gasteiger charge is -2.11. The molecule has 0 saturated carbocycles. The zero-order valence-corrected chi connectivity index (χ0v) is 13.0. The molecule has 0 aliphatic heterocycles. The molecule has 3 N–H and O–H groups in total. The highest BCUT2D eigenvalue weighted by molar-refractivity contribution is 5.95. The number of nitro groups is 1. The molecule has 0 radical (unpaired) electrons. The summed E-state index contributed by atoms with van der Waals surface area (Å²) in [6, 6.07) is 11.1. The number of ether oxygens (including phenoxy) is 2. The van der Waals surface area contributed by atoms with Crippen molar-refractivity contribution in [2.75, 3.05) is 26.0 Å². The summed E-state index contributed by atoms with van der Waals surface area (Å²) in [7, 11) is 1.54. The molecule has 2 aromatic carbocycles. The fourth-order valence-electron chi connectivity index (χ4n) is 2.01. The predicted octanol–water partition coefficient (Wildman–Crippen LogP) is 1.99. The number of para-hydroxylation sites is 2. The largest absolute Gasteiger partial charge is 0.493 e. The van der Waals surface area contributed by atoms with Crippen molar-refractivity contribution in [3.63, 3.8) is 0 Å². The maximum atomic E-state index is 12.0. The van der Waals surface area contributed by atoms with Crippen LogP contribution in [0.1, 0.15) is 10.4 Å². The number of nitrogens with one attached hydrogen (secondary N) is 1. The third-order valence-corrected chi connectivity index (χ3v) is 3.20. The van der Waals surface area contributed by atoms with Gasteiger partial charge in [-0.2, -0.15) is 0 Å². The molecule has 0 aliphatic carbocycles. The highest BCUT2D eigenvalue weighted by Crippen LogP contribution is 2.25. The van der Waals surface area contributed by atoms with Gasteiger partial charge in [-0.25, -0.2) is 0 Å². The molecule has 2 aromatic rings. The van der Waals surface area contributed by atoms with Crippen molar-refractivity contribution in [2.24, 2.45) is 0 Å². The number of methoxy groups -OCH3 is 1. The van der Waals surface area contributed by atoms with Gasteiger partial charge in [0.05, 0.1) is 18.6 Å². The highest BCUT2D eigenvalue weighted by atomic mass is 16.6. The first-order valence-corrected chi connectivity index (χ1v) is 7.11. The van der Waals surface area contributed by atoms with Crippen molar-refractivity contribution in [3.8, 4) is 11.5 Å². The van der Waals surface area contributed by atoms with Crippen LogP contribution >= 0.6 is 0 Å². The smallest absolute Gasteiger partial charge is 0.292 e. The number of carbonyl (C=O) groups excluding carboxylic acids is 1. The summed E-state index contributed by atoms with van der Waals surface area (Å²) in [6.45, 7) is 0.457. The average Bonchev–Trinajstić information content (AvgIpc) is 2.59. The number of hydrogen-bond donors (Lipinski definition) is 2. The Labute approximate surface area is 138 Å². The first-order valence-electron chi connectivity index (χ1n) is 7.11. The molecule has 0 aliphatic rings. The molecular formula is C16H17N3O5. The van der Waals surface area contributed by atoms with E-state index in [9.17, 15) is 14.9 Å². The van der Waals surface area contributed by atoms with Crippen molar-refractivity contribution in [1.82, 2.24) is 5.32 Å². The molecule has 8 heteroatoms. The van der Waals surface area contributed by atoms with E-state index in [0.29, 0.717) is 11.5 Å². The molecule has 0 unspecified atom stereocenters. The van der Waals surface area contributed by atoms with Crippen LogP contribution in [0, 0.1) is 10.1 Å². The molecule has 0 fully saturated rings. The Hall–Kier alpha value is -3.29. The molecule has 2 rings (SSSR count). The van der Waals surface area contributed by atoms with Crippen LogP contribution < -0.4 is 20.5 Å². The summed E-state index contributed by atoms with van der Waals surface area (Å²) in [5.41, 5.74) is 5.37. The molecule has 0 bridgehead atoms. The zero-order valence-electron chi connectivity index (χ0n) is 13.0. The summed E-state index contributed by atoms with van der Waals surface area (Å²) in [6.07, 6.45) is 0. The Balaban J connectivity index is 1.90. The van der Waals surface area contributed by atoms with Gasteiger partial charge in [-0.1, -0.05) is 12.1 Å². The summed E-state index contributed by atoms with van der Waals surface area (Å²) < 4.78 is 10.7. The second-order valence-electron chi connectivity index (χ2n) is 4.79. The van der Waals surface area contributed by atoms with Gasteiger partial charge in [0, 0.05) is 11.6 Å². The van der Waals surface area contributed by atoms with Gasteiger partial charge in [0.15, 0.2) is 11.5 Å². The molecule has 8 nitrogen and oxygen atoms in total. The summed E-state index contributed by atoms with van der Waals surface area (Å²) >= 11 is 0. The minimum Gasteiger partial charge on any atom is -0.493 e. The van der Waals surface area contributed by atoms with Crippen molar-refractivity contribution < 1.29 is 19.2 Å². The van der Waals surface area contributed by atoms with Crippen LogP contribution in [0.5, 0.6) is 11.5 Å². The molecule has 24 heavy (non-hydrogen) atoms. The van der Waals surface area contributed by atoms with Crippen LogP contribution in [0.15, 0.2) is 42.5 Å². The molecule has 0 spiro atoms. The first kappa shape index (κ1) is 17.1. The van der Waals surface area contributed by atoms with Crippen LogP contribution in [-0.4, -0.2) is 31.1 Å². The van der Waals surface area contributed by atoms with Crippen molar-refractivity contribution in [3.05, 3.63) is 58.1 Å². The average molecular weight is 331 g/mol. The van der Waals surface area contributed by atoms with E-state index in [1.165, 1.54) is 19.2 Å². The molecule has 0 atom stereocenters. The Kier molecular flexibility index (Phi) is 5.56. The van der Waals surface area contributed by atoms with E-state index in [0.717, 1.165) is 6.07 Å². The van der Waals surface area contributed by atoms with E-state index < -0.39 is 10.8 Å². The van der Waals surface area contributed by atoms with Crippen LogP contribution in [-0.2, 0) is 0 Å². The second-order valence-corrected chi connectivity index (χ2v) is 4.79. The monoisotopic (exact) mass is 331 g/mol. The van der Waals surface area contributed by atoms with E-state index in [1.807, 2.05) is 12.1 Å². The number of anilines is 1. The predicted molar refractivity (Wildman–Crippen MR) is 88.3 cm³/mol. The number of nitro benzene ring substituents is 1. The molecule has 0 saturated heterocycles. The highest BCUT2D eigenvalue weighted by Gasteiger charge is 2.15. The van der Waals surface area contributed by atoms with Crippen molar-refractivity contribution in [2.45, 2.75) is 0 Å². The molecule has 0 heterocycles. The van der Waals surface area contributed by atoms with Crippen LogP contribution in [0.25, 0.3) is 0 Å². The fraction of sp³-hybridized carbons (Fsp3) is 0.188. The van der Waals surface area contributed by atoms with Gasteiger partial charge < -0.3 is 20.5 Å². The number of nitrogens with zero attached hydrogens (tertiary/aromatic N) is 1. The van der Waals surface area contributed by atoms with Gasteiger partial charge in [0.25, 0.3) is 11.6 Å². The molecule has 1 amide bonds. The van der Waals surface area contributed by atoms with Gasteiger partial charge in [-0.15, -0.1) is 0 Å². The lowest BCUT2D eigenvalue weighted by Crippen LogP contribution is -2.28. The van der Waals surface area contributed by atoms with Gasteiger partial charge in [-0.05, 0) is 24.3 Å². The third kappa shape index (κ3) is 4.13. The number of rotatable bonds is 7. The van der Waals surface area contributed by atoms with Crippen molar-refractivity contribution in [1.29, 1.82) is 0 Å². The lowest BCUT2D eigenvalue weighted by atomic mass is 10.1. The summed E-state index contributed by atoms with van der Waals surface area (Å²) in [5, 5.41) is 13.5. The Morgan fingerprint density at radius 3 is 2.62 bits per heavy atom. The minimum absolute atomic E-state index is 0.0102. The van der Waals surface area contributed by atoms with Gasteiger partial charge in [0.1, 0.15) is 12.3 Å². The second kappa shape index (κ2) is 7.82. The van der Waals surface area contributed by atoms with Gasteiger partial charge in [-0.3, -0.25) is 14.9 Å². The Bertz CT molecular complexity index is 748. The third-order valence-electron chi connectivity index (χ3n) is 3.20. The zero-order chi connectivity index (χ0) is 17.5. The van der Waals surface area contributed by atoms with Crippen LogP contribution in [0.4, 0.5) is 11.4 Å². The topological polar surface area (TPSA) is 117 Å². The maximum absolute atomic E-state index is 12.0. The fourth-order valence-corrected chi connectivity index (χ4v) is 2.01. The summed E-state index contributed by atoms with van der Waals surface area (Å²) in [5.74, 6) is 0.720. The normalized spacial score (nSPS) is 10.0. The number of carbonyl (C=O) groups is 1. The van der Waals surface area contributed by atoms with E-state index in [-0.39, 0.29) is 30.1 Å². The summed E-state index contributed by atoms with van der Waals surface area (Å²) in [4.78, 5) is 22.2.